The van der Waals surface area contributed by atoms with Gasteiger partial charge in [-0.2, -0.15) is 8.78 Å². The number of alkyl halides is 2. The highest BCUT2D eigenvalue weighted by Gasteiger charge is 2.42. The first-order chi connectivity index (χ1) is 20.8. The number of fused-ring (bicyclic) bond motifs is 1. The lowest BCUT2D eigenvalue weighted by atomic mass is 10.0. The van der Waals surface area contributed by atoms with Crippen LogP contribution in [0.3, 0.4) is 0 Å². The van der Waals surface area contributed by atoms with Gasteiger partial charge >= 0.3 is 12.1 Å². The van der Waals surface area contributed by atoms with Gasteiger partial charge in [0.15, 0.2) is 17.5 Å². The molecule has 5 rings (SSSR count). The number of carbonyl (C=O) groups excluding carboxylic acids is 1. The maximum atomic E-state index is 15.0. The lowest BCUT2D eigenvalue weighted by molar-refractivity contribution is -0.189. The van der Waals surface area contributed by atoms with Gasteiger partial charge in [-0.05, 0) is 59.7 Å². The molecule has 4 aromatic rings. The summed E-state index contributed by atoms with van der Waals surface area (Å²) in [6, 6.07) is 6.58. The number of rotatable bonds is 8. The third-order valence-electron chi connectivity index (χ3n) is 7.21. The fourth-order valence-corrected chi connectivity index (χ4v) is 5.28. The summed E-state index contributed by atoms with van der Waals surface area (Å²) in [5, 5.41) is 0. The zero-order valence-corrected chi connectivity index (χ0v) is 22.7. The summed E-state index contributed by atoms with van der Waals surface area (Å²) in [6.45, 7) is 2.08. The van der Waals surface area contributed by atoms with Gasteiger partial charge in [0.1, 0.15) is 40.3 Å². The van der Waals surface area contributed by atoms with Crippen molar-refractivity contribution in [2.45, 2.75) is 38.7 Å². The SMILES string of the molecule is CCCC1Cc2ccc(C(=O)Oc3cc(F)c(-c4cc(F)c(C(F)(F)Oc5cc(F)c(F)c(F)c5)c(F)c4)c(F)c3)cc2C1. The van der Waals surface area contributed by atoms with Crippen molar-refractivity contribution >= 4 is 5.97 Å². The molecule has 0 amide bonds. The van der Waals surface area contributed by atoms with Crippen molar-refractivity contribution < 1.29 is 53.8 Å². The molecule has 4 aromatic carbocycles. The van der Waals surface area contributed by atoms with Gasteiger partial charge in [0.2, 0.25) is 0 Å². The highest BCUT2D eigenvalue weighted by molar-refractivity contribution is 5.91. The van der Waals surface area contributed by atoms with Gasteiger partial charge in [0, 0.05) is 24.3 Å². The average molecular weight is 624 g/mol. The number of halogens is 9. The molecule has 0 spiro atoms. The molecule has 12 heteroatoms. The molecule has 1 atom stereocenters. The van der Waals surface area contributed by atoms with Crippen LogP contribution in [0.5, 0.6) is 11.5 Å². The predicted octanol–water partition coefficient (Wildman–Crippen LogP) is 9.19. The minimum Gasteiger partial charge on any atom is -0.429 e. The monoisotopic (exact) mass is 624 g/mol. The van der Waals surface area contributed by atoms with Crippen LogP contribution in [0.1, 0.15) is 46.8 Å². The molecule has 0 fully saturated rings. The number of ether oxygens (including phenoxy) is 2. The first kappa shape index (κ1) is 31.0. The molecule has 0 saturated heterocycles. The Morgan fingerprint density at radius 1 is 0.750 bits per heavy atom. The Morgan fingerprint density at radius 2 is 1.32 bits per heavy atom. The molecule has 0 N–H and O–H groups in total. The van der Waals surface area contributed by atoms with Crippen molar-refractivity contribution in [3.8, 4) is 22.6 Å². The molecule has 1 unspecified atom stereocenters. The summed E-state index contributed by atoms with van der Waals surface area (Å²) in [5.41, 5.74) is -1.68. The maximum Gasteiger partial charge on any atom is 0.432 e. The molecule has 0 heterocycles. The molecule has 3 nitrogen and oxygen atoms in total. The molecule has 0 aliphatic heterocycles. The molecule has 1 aliphatic rings. The first-order valence-electron chi connectivity index (χ1n) is 13.3. The molecular formula is C32H21F9O3. The van der Waals surface area contributed by atoms with Gasteiger partial charge in [0.05, 0.1) is 11.1 Å². The second kappa shape index (κ2) is 11.9. The summed E-state index contributed by atoms with van der Waals surface area (Å²) in [7, 11) is 0. The average Bonchev–Trinajstić information content (AvgIpc) is 3.32. The molecule has 230 valence electrons. The van der Waals surface area contributed by atoms with Crippen LogP contribution < -0.4 is 9.47 Å². The highest BCUT2D eigenvalue weighted by atomic mass is 19.3. The smallest absolute Gasteiger partial charge is 0.429 e. The van der Waals surface area contributed by atoms with E-state index in [0.29, 0.717) is 18.1 Å². The molecule has 0 saturated carbocycles. The summed E-state index contributed by atoms with van der Waals surface area (Å²) >= 11 is 0. The van der Waals surface area contributed by atoms with E-state index in [1.165, 1.54) is 6.07 Å². The van der Waals surface area contributed by atoms with Crippen molar-refractivity contribution in [3.63, 3.8) is 0 Å². The van der Waals surface area contributed by atoms with Crippen molar-refractivity contribution in [1.82, 2.24) is 0 Å². The fourth-order valence-electron chi connectivity index (χ4n) is 5.28. The van der Waals surface area contributed by atoms with Gasteiger partial charge in [-0.15, -0.1) is 0 Å². The van der Waals surface area contributed by atoms with Crippen LogP contribution >= 0.6 is 0 Å². The number of benzene rings is 4. The van der Waals surface area contributed by atoms with E-state index in [4.69, 9.17) is 4.74 Å². The van der Waals surface area contributed by atoms with E-state index in [1.54, 1.807) is 12.1 Å². The van der Waals surface area contributed by atoms with E-state index >= 15 is 0 Å². The van der Waals surface area contributed by atoms with E-state index in [9.17, 15) is 44.3 Å². The van der Waals surface area contributed by atoms with Crippen molar-refractivity contribution in [2.75, 3.05) is 0 Å². The fraction of sp³-hybridized carbons (Fsp3) is 0.219. The lowest BCUT2D eigenvalue weighted by Gasteiger charge is -2.20. The Morgan fingerprint density at radius 3 is 1.91 bits per heavy atom. The van der Waals surface area contributed by atoms with Crippen LogP contribution in [0.4, 0.5) is 39.5 Å². The van der Waals surface area contributed by atoms with Gasteiger partial charge in [-0.25, -0.2) is 35.5 Å². The number of carbonyl (C=O) groups is 1. The van der Waals surface area contributed by atoms with Crippen LogP contribution in [0.15, 0.2) is 54.6 Å². The third kappa shape index (κ3) is 6.11. The lowest BCUT2D eigenvalue weighted by Crippen LogP contribution is -2.25. The van der Waals surface area contributed by atoms with E-state index in [1.807, 2.05) is 0 Å². The molecular weight excluding hydrogens is 603 g/mol. The molecule has 44 heavy (non-hydrogen) atoms. The predicted molar refractivity (Wildman–Crippen MR) is 140 cm³/mol. The van der Waals surface area contributed by atoms with Crippen molar-refractivity contribution in [1.29, 1.82) is 0 Å². The van der Waals surface area contributed by atoms with E-state index < -0.39 is 81.0 Å². The molecule has 0 bridgehead atoms. The van der Waals surface area contributed by atoms with E-state index in [2.05, 4.69) is 11.7 Å². The van der Waals surface area contributed by atoms with Crippen molar-refractivity contribution in [3.05, 3.63) is 118 Å². The van der Waals surface area contributed by atoms with E-state index in [-0.39, 0.29) is 29.8 Å². The zero-order chi connectivity index (χ0) is 31.9. The maximum absolute atomic E-state index is 15.0. The Hall–Kier alpha value is -4.48. The van der Waals surface area contributed by atoms with Gasteiger partial charge in [-0.3, -0.25) is 0 Å². The normalized spacial score (nSPS) is 14.5. The third-order valence-corrected chi connectivity index (χ3v) is 7.21. The van der Waals surface area contributed by atoms with Crippen LogP contribution in [0.2, 0.25) is 0 Å². The topological polar surface area (TPSA) is 35.5 Å². The molecule has 1 aliphatic carbocycles. The minimum absolute atomic E-state index is 0.0306. The first-order valence-corrected chi connectivity index (χ1v) is 13.3. The second-order valence-corrected chi connectivity index (χ2v) is 10.3. The quantitative estimate of drug-likeness (QED) is 0.0849. The Kier molecular flexibility index (Phi) is 8.37. The highest BCUT2D eigenvalue weighted by Crippen LogP contribution is 2.39. The number of hydrogen-bond donors (Lipinski definition) is 0. The largest absolute Gasteiger partial charge is 0.432 e. The summed E-state index contributed by atoms with van der Waals surface area (Å²) in [6.07, 6.45) is -1.17. The van der Waals surface area contributed by atoms with Crippen molar-refractivity contribution in [2.24, 2.45) is 5.92 Å². The van der Waals surface area contributed by atoms with Gasteiger partial charge in [0.25, 0.3) is 0 Å². The minimum atomic E-state index is -4.90. The second-order valence-electron chi connectivity index (χ2n) is 10.3. The van der Waals surface area contributed by atoms with E-state index in [0.717, 1.165) is 36.8 Å². The van der Waals surface area contributed by atoms with Crippen LogP contribution in [0, 0.1) is 46.6 Å². The Bertz CT molecular complexity index is 1700. The molecule has 0 radical (unpaired) electrons. The zero-order valence-electron chi connectivity index (χ0n) is 22.7. The Balaban J connectivity index is 1.37. The number of esters is 1. The molecule has 0 aromatic heterocycles. The van der Waals surface area contributed by atoms with Crippen LogP contribution in [-0.2, 0) is 19.0 Å². The summed E-state index contributed by atoms with van der Waals surface area (Å²) in [4.78, 5) is 12.7. The van der Waals surface area contributed by atoms with Crippen LogP contribution in [-0.4, -0.2) is 5.97 Å². The summed E-state index contributed by atoms with van der Waals surface area (Å²) in [5.74, 6) is -15.0. The van der Waals surface area contributed by atoms with Gasteiger partial charge < -0.3 is 9.47 Å². The van der Waals surface area contributed by atoms with Crippen LogP contribution in [0.25, 0.3) is 11.1 Å². The summed E-state index contributed by atoms with van der Waals surface area (Å²) < 4.78 is 138. The standard InChI is InChI=1S/C32H21F9O3/c1-2-3-15-6-16-4-5-17(8-18(16)7-15)31(42)43-20-11-22(33)28(23(34)12-20)19-9-24(35)29(25(36)10-19)32(40,41)44-21-13-26(37)30(39)27(38)14-21/h4-5,8-15H,2-3,6-7H2,1H3. The number of hydrogen-bond acceptors (Lipinski definition) is 3. The van der Waals surface area contributed by atoms with Gasteiger partial charge in [-0.1, -0.05) is 25.8 Å². The Labute approximate surface area is 244 Å².